The van der Waals surface area contributed by atoms with Gasteiger partial charge >= 0.3 is 0 Å². The molecule has 8 heteroatoms. The van der Waals surface area contributed by atoms with E-state index in [2.05, 4.69) is 24.0 Å². The van der Waals surface area contributed by atoms with Crippen LogP contribution in [0.15, 0.2) is 70.2 Å². The van der Waals surface area contributed by atoms with Crippen LogP contribution in [0.2, 0.25) is 5.02 Å². The third-order valence-corrected chi connectivity index (χ3v) is 8.57. The molecule has 1 atom stereocenters. The Morgan fingerprint density at radius 1 is 1.06 bits per heavy atom. The molecule has 1 aliphatic heterocycles. The summed E-state index contributed by atoms with van der Waals surface area (Å²) >= 11 is 8.94. The van der Waals surface area contributed by atoms with Crippen LogP contribution >= 0.6 is 34.7 Å². The number of aromatic nitrogens is 2. The topological polar surface area (TPSA) is 63.2 Å². The first-order valence-electron chi connectivity index (χ1n) is 11.2. The number of rotatable bonds is 5. The molecule has 0 unspecified atom stereocenters. The number of anilines is 1. The van der Waals surface area contributed by atoms with Gasteiger partial charge in [0.1, 0.15) is 0 Å². The summed E-state index contributed by atoms with van der Waals surface area (Å²) in [5.41, 5.74) is 3.47. The van der Waals surface area contributed by atoms with Crippen LogP contribution in [0.5, 0.6) is 0 Å². The van der Waals surface area contributed by atoms with E-state index in [0.717, 1.165) is 32.5 Å². The molecule has 1 aliphatic carbocycles. The largest absolute Gasteiger partial charge is 0.294 e. The van der Waals surface area contributed by atoms with E-state index in [0.29, 0.717) is 23.0 Å². The van der Waals surface area contributed by atoms with Crippen molar-refractivity contribution >= 4 is 51.5 Å². The molecule has 2 aromatic carbocycles. The Bertz CT molecular complexity index is 1270. The number of halogens is 1. The van der Waals surface area contributed by atoms with Gasteiger partial charge in [0.05, 0.1) is 0 Å². The summed E-state index contributed by atoms with van der Waals surface area (Å²) < 4.78 is 0.784. The Morgan fingerprint density at radius 2 is 1.79 bits per heavy atom. The van der Waals surface area contributed by atoms with Crippen molar-refractivity contribution in [1.29, 1.82) is 0 Å². The molecular weight excluding hydrogens is 486 g/mol. The summed E-state index contributed by atoms with van der Waals surface area (Å²) in [6.45, 7) is 4.16. The van der Waals surface area contributed by atoms with Crippen LogP contribution in [0.25, 0.3) is 0 Å². The second-order valence-corrected chi connectivity index (χ2v) is 12.1. The van der Waals surface area contributed by atoms with Crippen molar-refractivity contribution in [2.24, 2.45) is 5.41 Å². The predicted molar refractivity (Wildman–Crippen MR) is 137 cm³/mol. The first kappa shape index (κ1) is 23.3. The fraction of sp³-hybridized carbons (Fsp3) is 0.308. The van der Waals surface area contributed by atoms with E-state index in [-0.39, 0.29) is 29.4 Å². The maximum Gasteiger partial charge on any atom is 0.234 e. The Morgan fingerprint density at radius 3 is 2.53 bits per heavy atom. The first-order chi connectivity index (χ1) is 16.3. The number of amides is 1. The number of benzene rings is 2. The normalized spacial score (nSPS) is 20.0. The van der Waals surface area contributed by atoms with Gasteiger partial charge in [-0.2, -0.15) is 0 Å². The van der Waals surface area contributed by atoms with Crippen molar-refractivity contribution in [1.82, 2.24) is 10.2 Å². The Hall–Kier alpha value is -2.48. The third kappa shape index (κ3) is 4.69. The maximum absolute atomic E-state index is 13.5. The van der Waals surface area contributed by atoms with Crippen molar-refractivity contribution in [3.63, 3.8) is 0 Å². The van der Waals surface area contributed by atoms with E-state index in [1.54, 1.807) is 16.7 Å². The lowest BCUT2D eigenvalue weighted by Crippen LogP contribution is -2.43. The molecule has 0 saturated carbocycles. The zero-order valence-electron chi connectivity index (χ0n) is 19.0. The average Bonchev–Trinajstić information content (AvgIpc) is 3.26. The van der Waals surface area contributed by atoms with Gasteiger partial charge in [-0.1, -0.05) is 91.0 Å². The van der Waals surface area contributed by atoms with Crippen molar-refractivity contribution < 1.29 is 9.59 Å². The highest BCUT2D eigenvalue weighted by atomic mass is 35.5. The van der Waals surface area contributed by atoms with Gasteiger partial charge in [0.2, 0.25) is 11.0 Å². The second kappa shape index (κ2) is 9.29. The van der Waals surface area contributed by atoms with E-state index in [9.17, 15) is 9.59 Å². The lowest BCUT2D eigenvalue weighted by molar-refractivity contribution is -0.121. The minimum Gasteiger partial charge on any atom is -0.294 e. The molecule has 174 valence electrons. The standard InChI is InChI=1S/C26H24ClN3O2S2/c1-26(2)13-20-23(21(31)14-26)19(17-6-4-3-5-7-17)12-22(32)30(20)24-28-29-25(34-24)33-15-16-8-10-18(27)11-9-16/h3-11,19H,12-15H2,1-2H3/t19-/m0/s1. The molecule has 5 rings (SSSR count). The molecule has 0 radical (unpaired) electrons. The van der Waals surface area contributed by atoms with Crippen molar-refractivity contribution in [3.05, 3.63) is 82.0 Å². The number of ketones is 1. The molecule has 0 N–H and O–H groups in total. The van der Waals surface area contributed by atoms with Crippen LogP contribution in [-0.2, 0) is 15.3 Å². The summed E-state index contributed by atoms with van der Waals surface area (Å²) in [6.07, 6.45) is 1.38. The predicted octanol–water partition coefficient (Wildman–Crippen LogP) is 6.65. The number of hydrogen-bond acceptors (Lipinski definition) is 6. The number of allylic oxidation sites excluding steroid dienone is 2. The van der Waals surface area contributed by atoms with Crippen molar-refractivity contribution in [2.45, 2.75) is 49.1 Å². The Labute approximate surface area is 212 Å². The average molecular weight is 510 g/mol. The van der Waals surface area contributed by atoms with Crippen LogP contribution in [0.3, 0.4) is 0 Å². The zero-order chi connectivity index (χ0) is 23.9. The molecule has 1 amide bonds. The summed E-state index contributed by atoms with van der Waals surface area (Å²) in [5, 5.41) is 9.94. The first-order valence-corrected chi connectivity index (χ1v) is 13.3. The van der Waals surface area contributed by atoms with E-state index >= 15 is 0 Å². The summed E-state index contributed by atoms with van der Waals surface area (Å²) in [6, 6.07) is 17.6. The Balaban J connectivity index is 1.47. The smallest absolute Gasteiger partial charge is 0.234 e. The van der Waals surface area contributed by atoms with Crippen LogP contribution in [0.1, 0.15) is 50.2 Å². The third-order valence-electron chi connectivity index (χ3n) is 6.21. The molecule has 0 fully saturated rings. The van der Waals surface area contributed by atoms with E-state index in [1.807, 2.05) is 54.6 Å². The quantitative estimate of drug-likeness (QED) is 0.284. The summed E-state index contributed by atoms with van der Waals surface area (Å²) in [5.74, 6) is 0.605. The van der Waals surface area contributed by atoms with E-state index in [1.165, 1.54) is 11.3 Å². The molecule has 1 aromatic heterocycles. The lowest BCUT2D eigenvalue weighted by atomic mass is 9.69. The summed E-state index contributed by atoms with van der Waals surface area (Å²) in [7, 11) is 0. The number of carbonyl (C=O) groups excluding carboxylic acids is 2. The van der Waals surface area contributed by atoms with Gasteiger partial charge in [-0.15, -0.1) is 10.2 Å². The van der Waals surface area contributed by atoms with Gasteiger partial charge in [0.25, 0.3) is 0 Å². The van der Waals surface area contributed by atoms with Crippen molar-refractivity contribution in [3.8, 4) is 0 Å². The molecule has 5 nitrogen and oxygen atoms in total. The van der Waals surface area contributed by atoms with Gasteiger partial charge in [0, 0.05) is 40.8 Å². The molecule has 3 aromatic rings. The maximum atomic E-state index is 13.5. The SMILES string of the molecule is CC1(C)CC(=O)C2=C(C1)N(c1nnc(SCc3ccc(Cl)cc3)s1)C(=O)C[C@H]2c1ccccc1. The Kier molecular flexibility index (Phi) is 6.35. The second-order valence-electron chi connectivity index (χ2n) is 9.46. The minimum atomic E-state index is -0.218. The number of nitrogens with zero attached hydrogens (tertiary/aromatic N) is 3. The lowest BCUT2D eigenvalue weighted by Gasteiger charge is -2.41. The molecule has 0 spiro atoms. The fourth-order valence-corrected chi connectivity index (χ4v) is 6.65. The van der Waals surface area contributed by atoms with Crippen LogP contribution < -0.4 is 4.90 Å². The zero-order valence-corrected chi connectivity index (χ0v) is 21.3. The molecule has 2 heterocycles. The number of thioether (sulfide) groups is 1. The number of Topliss-reactive ketones (excluding diaryl/α,β-unsaturated/α-hetero) is 1. The molecule has 34 heavy (non-hydrogen) atoms. The highest BCUT2D eigenvalue weighted by Gasteiger charge is 2.45. The highest BCUT2D eigenvalue weighted by Crippen LogP contribution is 2.48. The minimum absolute atomic E-state index is 0.0384. The molecule has 0 bridgehead atoms. The number of hydrogen-bond donors (Lipinski definition) is 0. The van der Waals surface area contributed by atoms with Gasteiger partial charge in [-0.3, -0.25) is 14.5 Å². The highest BCUT2D eigenvalue weighted by molar-refractivity contribution is 8.00. The molecule has 2 aliphatic rings. The van der Waals surface area contributed by atoms with E-state index in [4.69, 9.17) is 11.6 Å². The van der Waals surface area contributed by atoms with Gasteiger partial charge in [-0.05, 0) is 35.1 Å². The van der Waals surface area contributed by atoms with E-state index < -0.39 is 0 Å². The monoisotopic (exact) mass is 509 g/mol. The van der Waals surface area contributed by atoms with Crippen molar-refractivity contribution in [2.75, 3.05) is 4.90 Å². The number of carbonyl (C=O) groups is 2. The van der Waals surface area contributed by atoms with Crippen LogP contribution in [0.4, 0.5) is 5.13 Å². The van der Waals surface area contributed by atoms with Crippen LogP contribution in [-0.4, -0.2) is 21.9 Å². The molecular formula is C26H24ClN3O2S2. The summed E-state index contributed by atoms with van der Waals surface area (Å²) in [4.78, 5) is 28.5. The van der Waals surface area contributed by atoms with Crippen LogP contribution in [0, 0.1) is 5.41 Å². The van der Waals surface area contributed by atoms with Gasteiger partial charge < -0.3 is 0 Å². The van der Waals surface area contributed by atoms with Gasteiger partial charge in [0.15, 0.2) is 10.1 Å². The van der Waals surface area contributed by atoms with Gasteiger partial charge in [-0.25, -0.2) is 0 Å². The fourth-order valence-electron chi connectivity index (χ4n) is 4.68. The molecule has 0 saturated heterocycles.